The van der Waals surface area contributed by atoms with E-state index in [1.165, 1.54) is 5.56 Å². The molecule has 2 atom stereocenters. The summed E-state index contributed by atoms with van der Waals surface area (Å²) in [5.74, 6) is 0.851. The molecule has 1 saturated heterocycles. The van der Waals surface area contributed by atoms with Gasteiger partial charge in [-0.1, -0.05) is 12.1 Å². The first kappa shape index (κ1) is 16.6. The maximum Gasteiger partial charge on any atom is 0.320 e. The smallest absolute Gasteiger partial charge is 0.320 e. The highest BCUT2D eigenvalue weighted by molar-refractivity contribution is 5.74. The van der Waals surface area contributed by atoms with Crippen LogP contribution in [0.2, 0.25) is 0 Å². The molecule has 0 saturated carbocycles. The van der Waals surface area contributed by atoms with Crippen molar-refractivity contribution in [3.8, 4) is 5.75 Å². The van der Waals surface area contributed by atoms with Gasteiger partial charge in [-0.3, -0.25) is 0 Å². The topological polar surface area (TPSA) is 50.8 Å². The van der Waals surface area contributed by atoms with Crippen LogP contribution in [0, 0.1) is 20.8 Å². The molecule has 1 aromatic carbocycles. The third kappa shape index (κ3) is 3.91. The summed E-state index contributed by atoms with van der Waals surface area (Å²) >= 11 is 0. The number of morpholine rings is 1. The molecule has 5 heteroatoms. The third-order valence-corrected chi connectivity index (χ3v) is 4.02. The molecule has 1 fully saturated rings. The van der Waals surface area contributed by atoms with E-state index in [1.54, 1.807) is 4.90 Å². The second kappa shape index (κ2) is 7.01. The van der Waals surface area contributed by atoms with Gasteiger partial charge >= 0.3 is 6.03 Å². The van der Waals surface area contributed by atoms with Gasteiger partial charge in [0, 0.05) is 13.1 Å². The Kier molecular flexibility index (Phi) is 5.29. The van der Waals surface area contributed by atoms with Gasteiger partial charge in [-0.05, 0) is 51.3 Å². The van der Waals surface area contributed by atoms with Crippen molar-refractivity contribution < 1.29 is 14.3 Å². The molecule has 1 N–H and O–H groups in total. The van der Waals surface area contributed by atoms with Crippen molar-refractivity contribution in [1.29, 1.82) is 0 Å². The lowest BCUT2D eigenvalue weighted by Crippen LogP contribution is -2.52. The minimum atomic E-state index is -0.107. The highest BCUT2D eigenvalue weighted by atomic mass is 16.5. The van der Waals surface area contributed by atoms with Crippen molar-refractivity contribution in [2.24, 2.45) is 0 Å². The van der Waals surface area contributed by atoms with Crippen molar-refractivity contribution in [1.82, 2.24) is 10.2 Å². The Labute approximate surface area is 132 Å². The SMILES string of the molecule is Cc1ccc(C)c(OCNC(=O)N2CC(C)OC(C)C2)c1C. The molecule has 0 bridgehead atoms. The summed E-state index contributed by atoms with van der Waals surface area (Å²) in [6.45, 7) is 11.4. The van der Waals surface area contributed by atoms with E-state index >= 15 is 0 Å². The summed E-state index contributed by atoms with van der Waals surface area (Å²) in [7, 11) is 0. The quantitative estimate of drug-likeness (QED) is 0.874. The van der Waals surface area contributed by atoms with Gasteiger partial charge in [-0.2, -0.15) is 0 Å². The number of hydrogen-bond acceptors (Lipinski definition) is 3. The van der Waals surface area contributed by atoms with Gasteiger partial charge in [0.25, 0.3) is 0 Å². The Morgan fingerprint density at radius 3 is 2.45 bits per heavy atom. The van der Waals surface area contributed by atoms with Crippen LogP contribution in [0.4, 0.5) is 4.79 Å². The number of carbonyl (C=O) groups is 1. The van der Waals surface area contributed by atoms with Crippen LogP contribution in [0.25, 0.3) is 0 Å². The summed E-state index contributed by atoms with van der Waals surface area (Å²) in [6, 6.07) is 4.00. The average molecular weight is 306 g/mol. The molecule has 22 heavy (non-hydrogen) atoms. The first-order valence-electron chi connectivity index (χ1n) is 7.76. The molecular weight excluding hydrogens is 280 g/mol. The monoisotopic (exact) mass is 306 g/mol. The molecule has 1 heterocycles. The Hall–Kier alpha value is -1.75. The van der Waals surface area contributed by atoms with Crippen LogP contribution >= 0.6 is 0 Å². The summed E-state index contributed by atoms with van der Waals surface area (Å²) in [5.41, 5.74) is 3.37. The number of rotatable bonds is 3. The fourth-order valence-electron chi connectivity index (χ4n) is 2.77. The predicted octanol–water partition coefficient (Wildman–Crippen LogP) is 2.77. The van der Waals surface area contributed by atoms with Crippen molar-refractivity contribution >= 4 is 6.03 Å². The molecule has 0 aromatic heterocycles. The van der Waals surface area contributed by atoms with Gasteiger partial charge < -0.3 is 19.7 Å². The van der Waals surface area contributed by atoms with Crippen LogP contribution in [-0.4, -0.2) is 43.0 Å². The first-order chi connectivity index (χ1) is 10.4. The lowest BCUT2D eigenvalue weighted by atomic mass is 10.1. The number of nitrogens with zero attached hydrogens (tertiary/aromatic N) is 1. The zero-order chi connectivity index (χ0) is 16.3. The molecule has 2 unspecified atom stereocenters. The fraction of sp³-hybridized carbons (Fsp3) is 0.588. The Balaban J connectivity index is 1.89. The largest absolute Gasteiger partial charge is 0.473 e. The highest BCUT2D eigenvalue weighted by Crippen LogP contribution is 2.25. The van der Waals surface area contributed by atoms with Crippen LogP contribution in [0.15, 0.2) is 12.1 Å². The molecule has 0 aliphatic carbocycles. The van der Waals surface area contributed by atoms with Crippen molar-refractivity contribution in [2.45, 2.75) is 46.8 Å². The molecule has 1 aliphatic heterocycles. The maximum atomic E-state index is 12.2. The number of nitrogens with one attached hydrogen (secondary N) is 1. The van der Waals surface area contributed by atoms with E-state index in [-0.39, 0.29) is 25.0 Å². The third-order valence-electron chi connectivity index (χ3n) is 4.02. The Bertz CT molecular complexity index is 535. The Morgan fingerprint density at radius 1 is 1.23 bits per heavy atom. The van der Waals surface area contributed by atoms with Gasteiger partial charge in [-0.15, -0.1) is 0 Å². The van der Waals surface area contributed by atoms with Gasteiger partial charge in [-0.25, -0.2) is 4.79 Å². The number of hydrogen-bond donors (Lipinski definition) is 1. The van der Waals surface area contributed by atoms with Crippen LogP contribution < -0.4 is 10.1 Å². The lowest BCUT2D eigenvalue weighted by molar-refractivity contribution is -0.0548. The molecule has 0 spiro atoms. The number of carbonyl (C=O) groups excluding carboxylic acids is 1. The van der Waals surface area contributed by atoms with E-state index in [0.29, 0.717) is 13.1 Å². The number of urea groups is 1. The lowest BCUT2D eigenvalue weighted by Gasteiger charge is -2.35. The van der Waals surface area contributed by atoms with E-state index in [9.17, 15) is 4.79 Å². The molecule has 0 radical (unpaired) electrons. The van der Waals surface area contributed by atoms with Gasteiger partial charge in [0.15, 0.2) is 6.73 Å². The maximum absolute atomic E-state index is 12.2. The zero-order valence-corrected chi connectivity index (χ0v) is 14.1. The van der Waals surface area contributed by atoms with Crippen molar-refractivity contribution in [2.75, 3.05) is 19.8 Å². The highest BCUT2D eigenvalue weighted by Gasteiger charge is 2.25. The van der Waals surface area contributed by atoms with E-state index in [1.807, 2.05) is 33.8 Å². The first-order valence-corrected chi connectivity index (χ1v) is 7.76. The number of ether oxygens (including phenoxy) is 2. The number of amides is 2. The molecule has 2 amide bonds. The van der Waals surface area contributed by atoms with Crippen molar-refractivity contribution in [3.05, 3.63) is 28.8 Å². The van der Waals surface area contributed by atoms with E-state index < -0.39 is 0 Å². The normalized spacial score (nSPS) is 21.6. The molecule has 2 rings (SSSR count). The number of benzene rings is 1. The molecular formula is C17H26N2O3. The van der Waals surface area contributed by atoms with Gasteiger partial charge in [0.05, 0.1) is 12.2 Å². The molecule has 122 valence electrons. The van der Waals surface area contributed by atoms with E-state index in [2.05, 4.69) is 18.3 Å². The molecule has 1 aliphatic rings. The average Bonchev–Trinajstić information content (AvgIpc) is 2.45. The minimum Gasteiger partial charge on any atom is -0.473 e. The summed E-state index contributed by atoms with van der Waals surface area (Å²) in [6.07, 6.45) is 0.133. The van der Waals surface area contributed by atoms with Crippen LogP contribution in [0.3, 0.4) is 0 Å². The standard InChI is InChI=1S/C17H26N2O3/c1-11-6-7-12(2)16(15(11)5)21-10-18-17(20)19-8-13(3)22-14(4)9-19/h6-7,13-14H,8-10H2,1-5H3,(H,18,20). The van der Waals surface area contributed by atoms with E-state index in [4.69, 9.17) is 9.47 Å². The van der Waals surface area contributed by atoms with Gasteiger partial charge in [0.2, 0.25) is 0 Å². The summed E-state index contributed by atoms with van der Waals surface area (Å²) < 4.78 is 11.4. The summed E-state index contributed by atoms with van der Waals surface area (Å²) in [4.78, 5) is 14.0. The van der Waals surface area contributed by atoms with Crippen LogP contribution in [0.1, 0.15) is 30.5 Å². The predicted molar refractivity (Wildman–Crippen MR) is 86.3 cm³/mol. The van der Waals surface area contributed by atoms with Gasteiger partial charge in [0.1, 0.15) is 5.75 Å². The van der Waals surface area contributed by atoms with Crippen molar-refractivity contribution in [3.63, 3.8) is 0 Å². The van der Waals surface area contributed by atoms with Crippen LogP contribution in [-0.2, 0) is 4.74 Å². The Morgan fingerprint density at radius 2 is 1.82 bits per heavy atom. The second-order valence-corrected chi connectivity index (χ2v) is 6.09. The second-order valence-electron chi connectivity index (χ2n) is 6.09. The minimum absolute atomic E-state index is 0.0664. The van der Waals surface area contributed by atoms with Crippen LogP contribution in [0.5, 0.6) is 5.75 Å². The molecule has 1 aromatic rings. The molecule has 5 nitrogen and oxygen atoms in total. The van der Waals surface area contributed by atoms with E-state index in [0.717, 1.165) is 16.9 Å². The summed E-state index contributed by atoms with van der Waals surface area (Å²) in [5, 5.41) is 2.83. The number of aryl methyl sites for hydroxylation is 2. The zero-order valence-electron chi connectivity index (χ0n) is 14.1. The fourth-order valence-corrected chi connectivity index (χ4v) is 2.77.